The van der Waals surface area contributed by atoms with Crippen molar-refractivity contribution in [1.82, 2.24) is 4.98 Å². The van der Waals surface area contributed by atoms with Crippen LogP contribution in [0, 0.1) is 12.7 Å². The Balaban J connectivity index is 1.72. The van der Waals surface area contributed by atoms with Crippen molar-refractivity contribution in [3.8, 4) is 0 Å². The van der Waals surface area contributed by atoms with E-state index in [4.69, 9.17) is 16.6 Å². The highest BCUT2D eigenvalue weighted by atomic mass is 35.5. The van der Waals surface area contributed by atoms with E-state index in [9.17, 15) is 9.18 Å². The summed E-state index contributed by atoms with van der Waals surface area (Å²) in [6.07, 6.45) is 0.162. The Morgan fingerprint density at radius 3 is 2.45 bits per heavy atom. The number of fused-ring (bicyclic) bond motifs is 1. The Bertz CT molecular complexity index is 1120. The van der Waals surface area contributed by atoms with Gasteiger partial charge in [-0.1, -0.05) is 71.5 Å². The van der Waals surface area contributed by atoms with Gasteiger partial charge in [-0.15, -0.1) is 0 Å². The Hall–Kier alpha value is -2.76. The Morgan fingerprint density at radius 1 is 1.03 bits per heavy atom. The smallest absolute Gasteiger partial charge is 0.233 e. The molecule has 29 heavy (non-hydrogen) atoms. The molecule has 0 aliphatic carbocycles. The van der Waals surface area contributed by atoms with Gasteiger partial charge in [-0.05, 0) is 41.8 Å². The zero-order valence-electron chi connectivity index (χ0n) is 15.7. The summed E-state index contributed by atoms with van der Waals surface area (Å²) in [4.78, 5) is 19.6. The van der Waals surface area contributed by atoms with E-state index in [1.54, 1.807) is 17.0 Å². The van der Waals surface area contributed by atoms with Crippen molar-refractivity contribution < 1.29 is 9.18 Å². The van der Waals surface area contributed by atoms with Crippen LogP contribution in [0.25, 0.3) is 10.2 Å². The quantitative estimate of drug-likeness (QED) is 0.383. The molecule has 1 amide bonds. The SMILES string of the molecule is Cc1ccc(Cl)c2sc(N(Cc3ccccc3)C(=O)Cc3ccc(F)cc3)nc12. The average molecular weight is 425 g/mol. The topological polar surface area (TPSA) is 33.2 Å². The normalized spacial score (nSPS) is 11.0. The van der Waals surface area contributed by atoms with Gasteiger partial charge in [-0.3, -0.25) is 9.69 Å². The maximum atomic E-state index is 13.2. The van der Waals surface area contributed by atoms with Crippen LogP contribution in [0.3, 0.4) is 0 Å². The largest absolute Gasteiger partial charge is 0.283 e. The molecule has 4 rings (SSSR count). The third-order valence-corrected chi connectivity index (χ3v) is 6.21. The predicted molar refractivity (Wildman–Crippen MR) is 117 cm³/mol. The number of rotatable bonds is 5. The Kier molecular flexibility index (Phi) is 5.60. The highest BCUT2D eigenvalue weighted by Gasteiger charge is 2.22. The van der Waals surface area contributed by atoms with Gasteiger partial charge >= 0.3 is 0 Å². The third-order valence-electron chi connectivity index (χ3n) is 4.67. The lowest BCUT2D eigenvalue weighted by atomic mass is 10.1. The van der Waals surface area contributed by atoms with Crippen molar-refractivity contribution >= 4 is 44.2 Å². The molecule has 3 nitrogen and oxygen atoms in total. The van der Waals surface area contributed by atoms with Crippen LogP contribution in [0.2, 0.25) is 5.02 Å². The van der Waals surface area contributed by atoms with Crippen LogP contribution in [-0.4, -0.2) is 10.9 Å². The lowest BCUT2D eigenvalue weighted by Crippen LogP contribution is -2.31. The average Bonchev–Trinajstić information content (AvgIpc) is 3.18. The zero-order valence-corrected chi connectivity index (χ0v) is 17.3. The third kappa shape index (κ3) is 4.31. The molecule has 1 heterocycles. The van der Waals surface area contributed by atoms with E-state index < -0.39 is 0 Å². The van der Waals surface area contributed by atoms with E-state index >= 15 is 0 Å². The fourth-order valence-electron chi connectivity index (χ4n) is 3.11. The second-order valence-electron chi connectivity index (χ2n) is 6.81. The number of carbonyl (C=O) groups excluding carboxylic acids is 1. The first-order chi connectivity index (χ1) is 14.0. The van der Waals surface area contributed by atoms with Crippen LogP contribution < -0.4 is 4.90 Å². The van der Waals surface area contributed by atoms with Gasteiger partial charge in [0.05, 0.1) is 28.2 Å². The summed E-state index contributed by atoms with van der Waals surface area (Å²) in [6.45, 7) is 2.38. The summed E-state index contributed by atoms with van der Waals surface area (Å²) in [5.74, 6) is -0.424. The monoisotopic (exact) mass is 424 g/mol. The van der Waals surface area contributed by atoms with Gasteiger partial charge < -0.3 is 0 Å². The second-order valence-corrected chi connectivity index (χ2v) is 8.19. The highest BCUT2D eigenvalue weighted by Crippen LogP contribution is 2.36. The molecular weight excluding hydrogens is 407 g/mol. The molecule has 0 saturated carbocycles. The fourth-order valence-corrected chi connectivity index (χ4v) is 4.44. The number of thiazole rings is 1. The molecule has 0 fully saturated rings. The molecular formula is C23H18ClFN2OS. The molecule has 0 radical (unpaired) electrons. The van der Waals surface area contributed by atoms with Crippen LogP contribution in [0.5, 0.6) is 0 Å². The van der Waals surface area contributed by atoms with Crippen molar-refractivity contribution in [2.45, 2.75) is 19.9 Å². The molecule has 0 N–H and O–H groups in total. The first-order valence-electron chi connectivity index (χ1n) is 9.15. The van der Waals surface area contributed by atoms with Gasteiger partial charge in [0.25, 0.3) is 0 Å². The summed E-state index contributed by atoms with van der Waals surface area (Å²) in [6, 6.07) is 19.5. The molecule has 0 bridgehead atoms. The predicted octanol–water partition coefficient (Wildman–Crippen LogP) is 6.17. The summed E-state index contributed by atoms with van der Waals surface area (Å²) in [5, 5.41) is 1.23. The molecule has 0 aliphatic heterocycles. The molecule has 0 saturated heterocycles. The maximum absolute atomic E-state index is 13.2. The zero-order chi connectivity index (χ0) is 20.4. The van der Waals surface area contributed by atoms with Gasteiger partial charge in [-0.25, -0.2) is 9.37 Å². The van der Waals surface area contributed by atoms with Gasteiger partial charge in [0.1, 0.15) is 5.82 Å². The molecule has 1 aromatic heterocycles. The van der Waals surface area contributed by atoms with E-state index in [0.717, 1.165) is 26.9 Å². The van der Waals surface area contributed by atoms with Gasteiger partial charge in [0.2, 0.25) is 5.91 Å². The molecule has 3 aromatic carbocycles. The molecule has 0 atom stereocenters. The van der Waals surface area contributed by atoms with Gasteiger partial charge in [0.15, 0.2) is 5.13 Å². The molecule has 0 spiro atoms. The first-order valence-corrected chi connectivity index (χ1v) is 10.3. The van der Waals surface area contributed by atoms with Gasteiger partial charge in [-0.2, -0.15) is 0 Å². The fraction of sp³-hybridized carbons (Fsp3) is 0.130. The summed E-state index contributed by atoms with van der Waals surface area (Å²) in [5.41, 5.74) is 3.58. The number of halogens is 2. The number of hydrogen-bond acceptors (Lipinski definition) is 3. The minimum Gasteiger partial charge on any atom is -0.283 e. The van der Waals surface area contributed by atoms with Crippen LogP contribution in [0.1, 0.15) is 16.7 Å². The number of hydrogen-bond donors (Lipinski definition) is 0. The van der Waals surface area contributed by atoms with Crippen LogP contribution in [0.4, 0.5) is 9.52 Å². The minimum atomic E-state index is -0.321. The second kappa shape index (κ2) is 8.31. The van der Waals surface area contributed by atoms with Gasteiger partial charge in [0, 0.05) is 0 Å². The van der Waals surface area contributed by atoms with Crippen molar-refractivity contribution in [3.63, 3.8) is 0 Å². The molecule has 0 aliphatic rings. The number of anilines is 1. The van der Waals surface area contributed by atoms with E-state index in [1.807, 2.05) is 49.4 Å². The molecule has 146 valence electrons. The van der Waals surface area contributed by atoms with Crippen molar-refractivity contribution in [2.75, 3.05) is 4.90 Å². The van der Waals surface area contributed by atoms with Crippen LogP contribution >= 0.6 is 22.9 Å². The minimum absolute atomic E-state index is 0.103. The summed E-state index contributed by atoms with van der Waals surface area (Å²) < 4.78 is 14.1. The van der Waals surface area contributed by atoms with Crippen LogP contribution in [0.15, 0.2) is 66.7 Å². The lowest BCUT2D eigenvalue weighted by Gasteiger charge is -2.20. The maximum Gasteiger partial charge on any atom is 0.233 e. The number of benzene rings is 3. The molecule has 4 aromatic rings. The van der Waals surface area contributed by atoms with Crippen molar-refractivity contribution in [2.24, 2.45) is 0 Å². The van der Waals surface area contributed by atoms with Crippen LogP contribution in [-0.2, 0) is 17.8 Å². The Morgan fingerprint density at radius 2 is 1.76 bits per heavy atom. The number of carbonyl (C=O) groups is 1. The summed E-state index contributed by atoms with van der Waals surface area (Å²) in [7, 11) is 0. The number of aryl methyl sites for hydroxylation is 1. The first kappa shape index (κ1) is 19.6. The van der Waals surface area contributed by atoms with Crippen molar-refractivity contribution in [1.29, 1.82) is 0 Å². The molecule has 0 unspecified atom stereocenters. The standard InChI is InChI=1S/C23H18ClFN2OS/c1-15-7-12-19(24)22-21(15)26-23(29-22)27(14-17-5-3-2-4-6-17)20(28)13-16-8-10-18(25)11-9-16/h2-12H,13-14H2,1H3. The number of amides is 1. The number of nitrogens with zero attached hydrogens (tertiary/aromatic N) is 2. The van der Waals surface area contributed by atoms with E-state index in [1.165, 1.54) is 23.5 Å². The summed E-state index contributed by atoms with van der Waals surface area (Å²) >= 11 is 7.77. The molecule has 6 heteroatoms. The van der Waals surface area contributed by atoms with E-state index in [-0.39, 0.29) is 18.1 Å². The van der Waals surface area contributed by atoms with E-state index in [0.29, 0.717) is 16.7 Å². The van der Waals surface area contributed by atoms with E-state index in [2.05, 4.69) is 0 Å². The lowest BCUT2D eigenvalue weighted by molar-refractivity contribution is -0.118. The highest BCUT2D eigenvalue weighted by molar-refractivity contribution is 7.23. The van der Waals surface area contributed by atoms with Crippen molar-refractivity contribution in [3.05, 3.63) is 94.3 Å². The Labute approximate surface area is 177 Å². The number of aromatic nitrogens is 1.